The predicted molar refractivity (Wildman–Crippen MR) is 102 cm³/mol. The lowest BCUT2D eigenvalue weighted by Crippen LogP contribution is -2.38. The molecule has 0 spiro atoms. The van der Waals surface area contributed by atoms with Crippen LogP contribution in [-0.4, -0.2) is 29.6 Å². The zero-order valence-corrected chi connectivity index (χ0v) is 15.8. The van der Waals surface area contributed by atoms with Gasteiger partial charge in [-0.15, -0.1) is 0 Å². The highest BCUT2D eigenvalue weighted by Gasteiger charge is 2.56. The summed E-state index contributed by atoms with van der Waals surface area (Å²) in [6.07, 6.45) is 9.33. The zero-order chi connectivity index (χ0) is 18.3. The highest BCUT2D eigenvalue weighted by atomic mass is 79.9. The smallest absolute Gasteiger partial charge is 0.254 e. The second-order valence-electron chi connectivity index (χ2n) is 6.86. The van der Waals surface area contributed by atoms with Crippen LogP contribution in [0.2, 0.25) is 0 Å². The Balaban J connectivity index is 1.60. The number of benzene rings is 1. The van der Waals surface area contributed by atoms with Gasteiger partial charge in [0.05, 0.1) is 18.1 Å². The molecule has 1 heterocycles. The van der Waals surface area contributed by atoms with Crippen LogP contribution < -0.4 is 4.74 Å². The molecule has 0 N–H and O–H groups in total. The Morgan fingerprint density at radius 1 is 1.19 bits per heavy atom. The van der Waals surface area contributed by atoms with Crippen molar-refractivity contribution >= 4 is 34.0 Å². The summed E-state index contributed by atoms with van der Waals surface area (Å²) in [6.45, 7) is 4.01. The Morgan fingerprint density at radius 2 is 1.85 bits per heavy atom. The van der Waals surface area contributed by atoms with Crippen LogP contribution in [0.4, 0.5) is 0 Å². The van der Waals surface area contributed by atoms with Gasteiger partial charge in [0, 0.05) is 10.0 Å². The van der Waals surface area contributed by atoms with Crippen molar-refractivity contribution in [3.05, 3.63) is 53.0 Å². The number of nitrogens with zero attached hydrogens (tertiary/aromatic N) is 2. The second-order valence-corrected chi connectivity index (χ2v) is 7.77. The molecule has 0 aromatic heterocycles. The standard InChI is InChI=1S/C20H19BrN2O3/c1-2-9-26-16-8-7-15(21)10-14(16)11-22-23-19(24)17-12-3-4-13(6-5-12)18(17)20(23)25/h2-4,7-8,10-13,17-18H,1,5-6,9H2/b22-11-/t12-,13-,17-,18-/m0/s1. The molecule has 4 aliphatic rings. The first-order valence-electron chi connectivity index (χ1n) is 8.73. The van der Waals surface area contributed by atoms with E-state index < -0.39 is 0 Å². The molecule has 2 fully saturated rings. The van der Waals surface area contributed by atoms with Crippen molar-refractivity contribution in [1.29, 1.82) is 0 Å². The number of carbonyl (C=O) groups excluding carboxylic acids is 2. The normalized spacial score (nSPS) is 29.5. The van der Waals surface area contributed by atoms with Crippen molar-refractivity contribution in [2.75, 3.05) is 6.61 Å². The van der Waals surface area contributed by atoms with E-state index in [0.717, 1.165) is 22.3 Å². The lowest BCUT2D eigenvalue weighted by atomic mass is 9.63. The fraction of sp³-hybridized carbons (Fsp3) is 0.350. The SMILES string of the molecule is C=CCOc1ccc(Br)cc1/C=N\N1C(=O)[C@@H]2[C@@H](C1=O)[C@H]1C=C[C@H]2CC1. The number of allylic oxidation sites excluding steroid dienone is 2. The van der Waals surface area contributed by atoms with Gasteiger partial charge in [-0.05, 0) is 42.9 Å². The monoisotopic (exact) mass is 414 g/mol. The molecule has 5 rings (SSSR count). The summed E-state index contributed by atoms with van der Waals surface area (Å²) >= 11 is 3.42. The number of hydrogen-bond acceptors (Lipinski definition) is 4. The molecule has 1 saturated heterocycles. The number of amides is 2. The number of rotatable bonds is 5. The topological polar surface area (TPSA) is 59.0 Å². The molecule has 2 amide bonds. The van der Waals surface area contributed by atoms with E-state index in [9.17, 15) is 9.59 Å². The van der Waals surface area contributed by atoms with Gasteiger partial charge >= 0.3 is 0 Å². The van der Waals surface area contributed by atoms with Crippen molar-refractivity contribution in [3.8, 4) is 5.75 Å². The molecule has 1 aromatic rings. The first-order valence-corrected chi connectivity index (χ1v) is 9.53. The molecule has 1 aliphatic heterocycles. The average Bonchev–Trinajstić information content (AvgIpc) is 2.93. The van der Waals surface area contributed by atoms with E-state index in [-0.39, 0.29) is 35.5 Å². The third-order valence-electron chi connectivity index (χ3n) is 5.38. The van der Waals surface area contributed by atoms with Gasteiger partial charge in [0.1, 0.15) is 12.4 Å². The Morgan fingerprint density at radius 3 is 2.42 bits per heavy atom. The van der Waals surface area contributed by atoms with Crippen LogP contribution in [0.1, 0.15) is 18.4 Å². The van der Waals surface area contributed by atoms with Crippen molar-refractivity contribution < 1.29 is 14.3 Å². The minimum absolute atomic E-state index is 0.166. The van der Waals surface area contributed by atoms with Crippen LogP contribution >= 0.6 is 15.9 Å². The molecule has 3 aliphatic carbocycles. The summed E-state index contributed by atoms with van der Waals surface area (Å²) in [7, 11) is 0. The summed E-state index contributed by atoms with van der Waals surface area (Å²) in [6, 6.07) is 5.51. The molecule has 6 heteroatoms. The van der Waals surface area contributed by atoms with Crippen LogP contribution in [0.5, 0.6) is 5.75 Å². The van der Waals surface area contributed by atoms with E-state index >= 15 is 0 Å². The van der Waals surface area contributed by atoms with E-state index in [2.05, 4.69) is 39.8 Å². The molecule has 26 heavy (non-hydrogen) atoms. The molecule has 0 radical (unpaired) electrons. The van der Waals surface area contributed by atoms with Gasteiger partial charge in [0.25, 0.3) is 11.8 Å². The van der Waals surface area contributed by atoms with Gasteiger partial charge in [-0.2, -0.15) is 10.1 Å². The maximum atomic E-state index is 12.8. The first kappa shape index (κ1) is 17.2. The molecule has 1 aromatic carbocycles. The minimum Gasteiger partial charge on any atom is -0.489 e. The van der Waals surface area contributed by atoms with Gasteiger partial charge in [0.2, 0.25) is 0 Å². The molecule has 1 saturated carbocycles. The summed E-state index contributed by atoms with van der Waals surface area (Å²) in [5.74, 6) is 0.0932. The highest BCUT2D eigenvalue weighted by molar-refractivity contribution is 9.10. The van der Waals surface area contributed by atoms with Crippen molar-refractivity contribution in [2.45, 2.75) is 12.8 Å². The van der Waals surface area contributed by atoms with Crippen LogP contribution in [0.25, 0.3) is 0 Å². The van der Waals surface area contributed by atoms with E-state index in [0.29, 0.717) is 17.9 Å². The largest absolute Gasteiger partial charge is 0.489 e. The summed E-state index contributed by atoms with van der Waals surface area (Å²) in [5.41, 5.74) is 0.692. The van der Waals surface area contributed by atoms with E-state index in [4.69, 9.17) is 4.74 Å². The predicted octanol–water partition coefficient (Wildman–Crippen LogP) is 3.55. The van der Waals surface area contributed by atoms with Crippen molar-refractivity contribution in [2.24, 2.45) is 28.8 Å². The maximum Gasteiger partial charge on any atom is 0.254 e. The Bertz CT molecular complexity index is 800. The van der Waals surface area contributed by atoms with Gasteiger partial charge in [-0.1, -0.05) is 40.7 Å². The van der Waals surface area contributed by atoms with E-state index in [1.807, 2.05) is 18.2 Å². The summed E-state index contributed by atoms with van der Waals surface area (Å²) < 4.78 is 6.48. The highest BCUT2D eigenvalue weighted by Crippen LogP contribution is 2.49. The number of fused-ring (bicyclic) bond motifs is 1. The van der Waals surface area contributed by atoms with Gasteiger partial charge in [0.15, 0.2) is 0 Å². The Kier molecular flexibility index (Phi) is 4.53. The van der Waals surface area contributed by atoms with E-state index in [1.54, 1.807) is 6.08 Å². The van der Waals surface area contributed by atoms with Gasteiger partial charge in [-0.25, -0.2) is 0 Å². The Hall–Kier alpha value is -2.21. The van der Waals surface area contributed by atoms with Crippen LogP contribution in [-0.2, 0) is 9.59 Å². The minimum atomic E-state index is -0.248. The summed E-state index contributed by atoms with van der Waals surface area (Å²) in [4.78, 5) is 25.6. The number of carbonyl (C=O) groups is 2. The third-order valence-corrected chi connectivity index (χ3v) is 5.87. The second kappa shape index (κ2) is 6.83. The lowest BCUT2D eigenvalue weighted by molar-refractivity contribution is -0.140. The quantitative estimate of drug-likeness (QED) is 0.420. The fourth-order valence-corrected chi connectivity index (χ4v) is 4.57. The third kappa shape index (κ3) is 2.82. The lowest BCUT2D eigenvalue weighted by Gasteiger charge is -2.37. The molecular weight excluding hydrogens is 396 g/mol. The van der Waals surface area contributed by atoms with Crippen LogP contribution in [0.3, 0.4) is 0 Å². The zero-order valence-electron chi connectivity index (χ0n) is 14.2. The Labute approximate surface area is 160 Å². The number of hydrazone groups is 1. The van der Waals surface area contributed by atoms with Crippen molar-refractivity contribution in [1.82, 2.24) is 5.01 Å². The van der Waals surface area contributed by atoms with Crippen LogP contribution in [0, 0.1) is 23.7 Å². The molecule has 4 atom stereocenters. The number of hydrogen-bond donors (Lipinski definition) is 0. The van der Waals surface area contributed by atoms with Gasteiger partial charge < -0.3 is 4.74 Å². The molecule has 5 nitrogen and oxygen atoms in total. The molecule has 2 bridgehead atoms. The molecule has 134 valence electrons. The number of ether oxygens (including phenoxy) is 1. The maximum absolute atomic E-state index is 12.8. The van der Waals surface area contributed by atoms with Crippen LogP contribution in [0.15, 0.2) is 52.6 Å². The molecule has 0 unspecified atom stereocenters. The van der Waals surface area contributed by atoms with Crippen molar-refractivity contribution in [3.63, 3.8) is 0 Å². The van der Waals surface area contributed by atoms with E-state index in [1.165, 1.54) is 6.21 Å². The first-order chi connectivity index (χ1) is 12.6. The number of imide groups is 1. The number of halogens is 1. The summed E-state index contributed by atoms with van der Waals surface area (Å²) in [5, 5.41) is 5.30. The average molecular weight is 415 g/mol. The molecular formula is C20H19BrN2O3. The van der Waals surface area contributed by atoms with Gasteiger partial charge in [-0.3, -0.25) is 9.59 Å². The fourth-order valence-electron chi connectivity index (χ4n) is 4.19.